The fourth-order valence-electron chi connectivity index (χ4n) is 6.74. The number of fused-ring (bicyclic) bond motifs is 1. The van der Waals surface area contributed by atoms with Crippen LogP contribution in [0.15, 0.2) is 66.7 Å². The molecular formula is C42H50F2N6O8. The van der Waals surface area contributed by atoms with Crippen LogP contribution in [0.3, 0.4) is 0 Å². The molecular weight excluding hydrogens is 754 g/mol. The Kier molecular flexibility index (Phi) is 14.2. The number of hydrogen-bond donors (Lipinski definition) is 4. The van der Waals surface area contributed by atoms with Crippen LogP contribution in [0.5, 0.6) is 0 Å². The molecule has 0 saturated carbocycles. The summed E-state index contributed by atoms with van der Waals surface area (Å²) in [6.07, 6.45) is 0.144. The van der Waals surface area contributed by atoms with Crippen molar-refractivity contribution in [2.75, 3.05) is 37.4 Å². The van der Waals surface area contributed by atoms with E-state index in [1.54, 1.807) is 32.9 Å². The molecule has 4 N–H and O–H groups in total. The Balaban J connectivity index is 1.38. The van der Waals surface area contributed by atoms with Crippen molar-refractivity contribution in [1.82, 2.24) is 20.4 Å². The summed E-state index contributed by atoms with van der Waals surface area (Å²) >= 11 is 0. The monoisotopic (exact) mass is 804 g/mol. The van der Waals surface area contributed by atoms with E-state index in [1.807, 2.05) is 30.3 Å². The number of amides is 6. The molecule has 1 fully saturated rings. The Morgan fingerprint density at radius 2 is 1.59 bits per heavy atom. The van der Waals surface area contributed by atoms with Crippen molar-refractivity contribution < 1.29 is 47.0 Å². The Morgan fingerprint density at radius 3 is 2.24 bits per heavy atom. The molecule has 2 aliphatic heterocycles. The molecule has 0 aromatic heterocycles. The van der Waals surface area contributed by atoms with Gasteiger partial charge in [-0.1, -0.05) is 42.5 Å². The van der Waals surface area contributed by atoms with Crippen LogP contribution < -0.4 is 21.3 Å². The normalized spacial score (nSPS) is 16.3. The first-order valence-corrected chi connectivity index (χ1v) is 19.1. The molecule has 16 heteroatoms. The molecule has 3 aromatic carbocycles. The predicted octanol–water partition coefficient (Wildman–Crippen LogP) is 4.84. The minimum Gasteiger partial charge on any atom is -0.444 e. The number of halogens is 2. The third-order valence-electron chi connectivity index (χ3n) is 9.94. The Bertz CT molecular complexity index is 1980. The zero-order valence-corrected chi connectivity index (χ0v) is 33.2. The van der Waals surface area contributed by atoms with Crippen LogP contribution in [0.2, 0.25) is 0 Å². The molecule has 0 unspecified atom stereocenters. The average molecular weight is 805 g/mol. The molecule has 2 aliphatic rings. The van der Waals surface area contributed by atoms with E-state index in [9.17, 15) is 37.5 Å². The highest BCUT2D eigenvalue weighted by Crippen LogP contribution is 2.38. The number of ether oxygens (including phenoxy) is 2. The number of benzene rings is 3. The highest BCUT2D eigenvalue weighted by Gasteiger charge is 2.44. The topological polar surface area (TPSA) is 175 Å². The molecule has 0 bridgehead atoms. The Hall–Kier alpha value is -5.90. The second kappa shape index (κ2) is 19.0. The molecule has 58 heavy (non-hydrogen) atoms. The van der Waals surface area contributed by atoms with Crippen molar-refractivity contribution in [3.63, 3.8) is 0 Å². The number of nitrogens with one attached hydrogen (secondary N) is 4. The number of carbonyl (C=O) groups excluding carboxylic acids is 6. The highest BCUT2D eigenvalue weighted by atomic mass is 19.1. The van der Waals surface area contributed by atoms with Crippen LogP contribution in [0.4, 0.5) is 25.0 Å². The smallest absolute Gasteiger partial charge is 0.410 e. The molecule has 2 heterocycles. The number of nitrogens with zero attached hydrogens (tertiary/aromatic N) is 2. The van der Waals surface area contributed by atoms with Crippen molar-refractivity contribution in [3.05, 3.63) is 95.1 Å². The summed E-state index contributed by atoms with van der Waals surface area (Å²) in [4.78, 5) is 83.1. The lowest BCUT2D eigenvalue weighted by molar-refractivity contribution is -0.144. The molecule has 310 valence electrons. The number of para-hydroxylation sites is 1. The van der Waals surface area contributed by atoms with Crippen LogP contribution >= 0.6 is 0 Å². The Labute approximate surface area is 336 Å². The molecule has 14 nitrogen and oxygen atoms in total. The van der Waals surface area contributed by atoms with Crippen LogP contribution in [0, 0.1) is 17.6 Å². The fraction of sp³-hybridized carbons (Fsp3) is 0.429. The first kappa shape index (κ1) is 43.2. The van der Waals surface area contributed by atoms with Crippen molar-refractivity contribution in [3.8, 4) is 0 Å². The summed E-state index contributed by atoms with van der Waals surface area (Å²) < 4.78 is 40.6. The lowest BCUT2D eigenvalue weighted by Gasteiger charge is -2.36. The second-order valence-corrected chi connectivity index (χ2v) is 15.4. The van der Waals surface area contributed by atoms with E-state index < -0.39 is 76.7 Å². The largest absolute Gasteiger partial charge is 0.444 e. The SMILES string of the molecule is C[C@@H](C(=O)N[C@H](C(=O)N1Cc2ccc(NC(=O)CCNC(=O)Cc3ccccc3)cc2[C@H]1C(=O)Nc1c(F)cccc1F)C1CCOCC1)N(C)C(=O)OC(C)(C)C. The zero-order chi connectivity index (χ0) is 42.1. The number of hydrogen-bond acceptors (Lipinski definition) is 8. The summed E-state index contributed by atoms with van der Waals surface area (Å²) in [5, 5.41) is 10.6. The summed E-state index contributed by atoms with van der Waals surface area (Å²) in [5.41, 5.74) is 0.373. The van der Waals surface area contributed by atoms with Gasteiger partial charge in [0.15, 0.2) is 0 Å². The number of likely N-dealkylation sites (N-methyl/N-ethyl adjacent to an activating group) is 1. The molecule has 3 atom stereocenters. The number of carbonyl (C=O) groups is 6. The van der Waals surface area contributed by atoms with Gasteiger partial charge >= 0.3 is 6.09 Å². The van der Waals surface area contributed by atoms with Crippen LogP contribution in [-0.2, 0) is 46.4 Å². The van der Waals surface area contributed by atoms with E-state index in [0.29, 0.717) is 31.6 Å². The maximum absolute atomic E-state index is 14.8. The predicted molar refractivity (Wildman–Crippen MR) is 210 cm³/mol. The molecule has 5 rings (SSSR count). The van der Waals surface area contributed by atoms with Crippen molar-refractivity contribution in [2.45, 2.75) is 83.6 Å². The average Bonchev–Trinajstić information content (AvgIpc) is 3.56. The van der Waals surface area contributed by atoms with Crippen LogP contribution in [-0.4, -0.2) is 89.9 Å². The van der Waals surface area contributed by atoms with Crippen LogP contribution in [0.25, 0.3) is 0 Å². The Morgan fingerprint density at radius 1 is 0.914 bits per heavy atom. The van der Waals surface area contributed by atoms with E-state index in [1.165, 1.54) is 24.9 Å². The van der Waals surface area contributed by atoms with E-state index in [2.05, 4.69) is 21.3 Å². The maximum atomic E-state index is 14.8. The number of rotatable bonds is 13. The van der Waals surface area contributed by atoms with Gasteiger partial charge in [-0.3, -0.25) is 28.9 Å². The minimum atomic E-state index is -1.45. The molecule has 0 aliphatic carbocycles. The molecule has 0 spiro atoms. The van der Waals surface area contributed by atoms with E-state index in [0.717, 1.165) is 28.7 Å². The fourth-order valence-corrected chi connectivity index (χ4v) is 6.74. The van der Waals surface area contributed by atoms with Crippen molar-refractivity contribution >= 4 is 47.0 Å². The maximum Gasteiger partial charge on any atom is 0.410 e. The lowest BCUT2D eigenvalue weighted by atomic mass is 9.90. The van der Waals surface area contributed by atoms with Gasteiger partial charge in [-0.25, -0.2) is 13.6 Å². The summed E-state index contributed by atoms with van der Waals surface area (Å²) in [7, 11) is 1.40. The summed E-state index contributed by atoms with van der Waals surface area (Å²) in [6.45, 7) is 7.14. The molecule has 6 amide bonds. The molecule has 1 saturated heterocycles. The third-order valence-corrected chi connectivity index (χ3v) is 9.94. The van der Waals surface area contributed by atoms with Gasteiger partial charge in [-0.2, -0.15) is 0 Å². The number of anilines is 2. The van der Waals surface area contributed by atoms with Crippen LogP contribution in [0.1, 0.15) is 69.7 Å². The molecule has 3 aromatic rings. The van der Waals surface area contributed by atoms with Gasteiger partial charge in [0, 0.05) is 45.5 Å². The van der Waals surface area contributed by atoms with Gasteiger partial charge in [0.05, 0.1) is 6.42 Å². The third kappa shape index (κ3) is 11.1. The van der Waals surface area contributed by atoms with Gasteiger partial charge in [0.25, 0.3) is 5.91 Å². The van der Waals surface area contributed by atoms with E-state index in [-0.39, 0.29) is 43.1 Å². The lowest BCUT2D eigenvalue weighted by Crippen LogP contribution is -2.57. The van der Waals surface area contributed by atoms with Crippen molar-refractivity contribution in [2.24, 2.45) is 5.92 Å². The highest BCUT2D eigenvalue weighted by molar-refractivity contribution is 6.01. The first-order chi connectivity index (χ1) is 27.5. The van der Waals surface area contributed by atoms with Gasteiger partial charge in [0.2, 0.25) is 23.6 Å². The van der Waals surface area contributed by atoms with E-state index in [4.69, 9.17) is 9.47 Å². The molecule has 0 radical (unpaired) electrons. The second-order valence-electron chi connectivity index (χ2n) is 15.4. The zero-order valence-electron chi connectivity index (χ0n) is 33.2. The van der Waals surface area contributed by atoms with E-state index >= 15 is 0 Å². The minimum absolute atomic E-state index is 0.0628. The summed E-state index contributed by atoms with van der Waals surface area (Å²) in [6, 6.07) is 13.3. The van der Waals surface area contributed by atoms with Crippen molar-refractivity contribution in [1.29, 1.82) is 0 Å². The summed E-state index contributed by atoms with van der Waals surface area (Å²) in [5.74, 6) is -5.40. The van der Waals surface area contributed by atoms with Gasteiger partial charge in [-0.05, 0) is 87.4 Å². The quantitative estimate of drug-likeness (QED) is 0.190. The standard InChI is InChI=1S/C42H50F2N6O8/c1-25(49(5)41(56)58-42(2,3)4)38(53)47-35(27-17-20-57-21-18-27)40(55)50-24-28-14-15-29(46-33(51)16-19-45-34(52)22-26-10-7-6-8-11-26)23-30(28)37(50)39(54)48-36-31(43)12-9-13-32(36)44/h6-15,23,25,27,35,37H,16-22,24H2,1-5H3,(H,45,52)(H,46,51)(H,47,53)(H,48,54)/t25-,35-,37-/m0/s1. The van der Waals surface area contributed by atoms with Gasteiger partial charge in [0.1, 0.15) is 41.0 Å². The first-order valence-electron chi connectivity index (χ1n) is 19.1. The van der Waals surface area contributed by atoms with Gasteiger partial charge < -0.3 is 35.6 Å². The van der Waals surface area contributed by atoms with Gasteiger partial charge in [-0.15, -0.1) is 0 Å².